The first kappa shape index (κ1) is 15.9. The fourth-order valence-corrected chi connectivity index (χ4v) is 2.79. The molecule has 0 aliphatic heterocycles. The number of carbonyl (C=O) groups is 1. The first-order valence-corrected chi connectivity index (χ1v) is 7.78. The Morgan fingerprint density at radius 1 is 1.43 bits per heavy atom. The molecule has 0 saturated heterocycles. The third-order valence-corrected chi connectivity index (χ3v) is 4.13. The van der Waals surface area contributed by atoms with Crippen LogP contribution in [0.5, 0.6) is 0 Å². The highest BCUT2D eigenvalue weighted by atomic mass is 32.1. The van der Waals surface area contributed by atoms with Crippen molar-refractivity contribution in [3.05, 3.63) is 29.8 Å². The Kier molecular flexibility index (Phi) is 5.70. The number of amides is 1. The van der Waals surface area contributed by atoms with E-state index >= 15 is 0 Å². The van der Waals surface area contributed by atoms with Crippen molar-refractivity contribution in [2.75, 3.05) is 11.9 Å². The maximum absolute atomic E-state index is 11.9. The summed E-state index contributed by atoms with van der Waals surface area (Å²) in [4.78, 5) is 12.3. The van der Waals surface area contributed by atoms with E-state index in [0.717, 1.165) is 12.0 Å². The van der Waals surface area contributed by atoms with E-state index in [1.54, 1.807) is 6.07 Å². The Balaban J connectivity index is 1.84. The van der Waals surface area contributed by atoms with Crippen molar-refractivity contribution in [2.24, 2.45) is 11.7 Å². The number of ether oxygens (including phenoxy) is 1. The molecule has 0 radical (unpaired) electrons. The number of anilines is 1. The van der Waals surface area contributed by atoms with E-state index in [9.17, 15) is 4.79 Å². The number of hydrogen-bond donors (Lipinski definition) is 2. The van der Waals surface area contributed by atoms with Crippen molar-refractivity contribution in [3.63, 3.8) is 0 Å². The topological polar surface area (TPSA) is 64.3 Å². The molecule has 1 saturated carbocycles. The molecule has 3 N–H and O–H groups in total. The molecule has 1 aliphatic rings. The van der Waals surface area contributed by atoms with Gasteiger partial charge in [0.25, 0.3) is 0 Å². The summed E-state index contributed by atoms with van der Waals surface area (Å²) in [6, 6.07) is 7.21. The molecule has 21 heavy (non-hydrogen) atoms. The molecule has 4 nitrogen and oxygen atoms in total. The smallest absolute Gasteiger partial charge is 0.250 e. The van der Waals surface area contributed by atoms with Crippen molar-refractivity contribution in [3.8, 4) is 0 Å². The number of hydrogen-bond acceptors (Lipinski definition) is 3. The minimum Gasteiger partial charge on any atom is -0.389 e. The fourth-order valence-electron chi connectivity index (χ4n) is 2.66. The molecule has 2 atom stereocenters. The lowest BCUT2D eigenvalue weighted by molar-refractivity contribution is -0.124. The Bertz CT molecular complexity index is 519. The zero-order valence-electron chi connectivity index (χ0n) is 12.3. The SMILES string of the molecule is CC1CCCCC1OCC(=O)Nc1cccc(C(N)=S)c1. The third-order valence-electron chi connectivity index (χ3n) is 3.89. The number of benzene rings is 1. The Morgan fingerprint density at radius 2 is 2.19 bits per heavy atom. The van der Waals surface area contributed by atoms with Gasteiger partial charge in [0.2, 0.25) is 5.91 Å². The predicted octanol–water partition coefficient (Wildman–Crippen LogP) is 2.85. The van der Waals surface area contributed by atoms with E-state index in [1.807, 2.05) is 18.2 Å². The maximum Gasteiger partial charge on any atom is 0.250 e. The van der Waals surface area contributed by atoms with E-state index in [-0.39, 0.29) is 18.6 Å². The highest BCUT2D eigenvalue weighted by Gasteiger charge is 2.22. The average Bonchev–Trinajstić information content (AvgIpc) is 2.46. The molecule has 0 heterocycles. The van der Waals surface area contributed by atoms with Gasteiger partial charge in [-0.2, -0.15) is 0 Å². The summed E-state index contributed by atoms with van der Waals surface area (Å²) in [6.45, 7) is 2.28. The molecule has 2 unspecified atom stereocenters. The standard InChI is InChI=1S/C16H22N2O2S/c1-11-5-2-3-8-14(11)20-10-15(19)18-13-7-4-6-12(9-13)16(17)21/h4,6-7,9,11,14H,2-3,5,8,10H2,1H3,(H2,17,21)(H,18,19). The zero-order chi connectivity index (χ0) is 15.2. The van der Waals surface area contributed by atoms with Crippen LogP contribution < -0.4 is 11.1 Å². The van der Waals surface area contributed by atoms with Gasteiger partial charge < -0.3 is 15.8 Å². The number of thiocarbonyl (C=S) groups is 1. The summed E-state index contributed by atoms with van der Waals surface area (Å²) >= 11 is 4.93. The van der Waals surface area contributed by atoms with Gasteiger partial charge >= 0.3 is 0 Å². The molecule has 0 aromatic heterocycles. The summed E-state index contributed by atoms with van der Waals surface area (Å²) in [5, 5.41) is 2.81. The van der Waals surface area contributed by atoms with E-state index < -0.39 is 0 Å². The van der Waals surface area contributed by atoms with Gasteiger partial charge in [0.05, 0.1) is 6.10 Å². The molecule has 0 bridgehead atoms. The average molecular weight is 306 g/mol. The number of rotatable bonds is 5. The lowest BCUT2D eigenvalue weighted by atomic mass is 9.88. The first-order chi connectivity index (χ1) is 10.1. The van der Waals surface area contributed by atoms with Crippen molar-refractivity contribution in [1.82, 2.24) is 0 Å². The van der Waals surface area contributed by atoms with Gasteiger partial charge in [-0.3, -0.25) is 4.79 Å². The monoisotopic (exact) mass is 306 g/mol. The minimum absolute atomic E-state index is 0.0896. The summed E-state index contributed by atoms with van der Waals surface area (Å²) < 4.78 is 5.74. The second kappa shape index (κ2) is 7.52. The van der Waals surface area contributed by atoms with Crippen LogP contribution in [0.2, 0.25) is 0 Å². The lowest BCUT2D eigenvalue weighted by Crippen LogP contribution is -2.29. The second-order valence-electron chi connectivity index (χ2n) is 5.60. The fraction of sp³-hybridized carbons (Fsp3) is 0.500. The summed E-state index contributed by atoms with van der Waals surface area (Å²) in [7, 11) is 0. The summed E-state index contributed by atoms with van der Waals surface area (Å²) in [5.41, 5.74) is 7.01. The van der Waals surface area contributed by atoms with Crippen molar-refractivity contribution < 1.29 is 9.53 Å². The van der Waals surface area contributed by atoms with Crippen molar-refractivity contribution in [2.45, 2.75) is 38.7 Å². The molecule has 1 amide bonds. The number of nitrogens with one attached hydrogen (secondary N) is 1. The Morgan fingerprint density at radius 3 is 2.90 bits per heavy atom. The molecule has 0 spiro atoms. The normalized spacial score (nSPS) is 21.8. The zero-order valence-corrected chi connectivity index (χ0v) is 13.1. The van der Waals surface area contributed by atoms with Crippen LogP contribution in [0, 0.1) is 5.92 Å². The third kappa shape index (κ3) is 4.79. The van der Waals surface area contributed by atoms with Gasteiger partial charge in [0.15, 0.2) is 0 Å². The van der Waals surface area contributed by atoms with Crippen LogP contribution in [0.15, 0.2) is 24.3 Å². The largest absolute Gasteiger partial charge is 0.389 e. The molecule has 2 rings (SSSR count). The highest BCUT2D eigenvalue weighted by Crippen LogP contribution is 2.26. The van der Waals surface area contributed by atoms with E-state index in [2.05, 4.69) is 12.2 Å². The van der Waals surface area contributed by atoms with Crippen molar-refractivity contribution in [1.29, 1.82) is 0 Å². The van der Waals surface area contributed by atoms with Gasteiger partial charge in [0, 0.05) is 11.3 Å². The van der Waals surface area contributed by atoms with Gasteiger partial charge in [0.1, 0.15) is 11.6 Å². The van der Waals surface area contributed by atoms with Gasteiger partial charge in [-0.25, -0.2) is 0 Å². The van der Waals surface area contributed by atoms with E-state index in [4.69, 9.17) is 22.7 Å². The number of carbonyl (C=O) groups excluding carboxylic acids is 1. The summed E-state index contributed by atoms with van der Waals surface area (Å²) in [5.74, 6) is 0.386. The van der Waals surface area contributed by atoms with Crippen LogP contribution in [-0.4, -0.2) is 23.6 Å². The lowest BCUT2D eigenvalue weighted by Gasteiger charge is -2.28. The minimum atomic E-state index is -0.145. The molecule has 114 valence electrons. The van der Waals surface area contributed by atoms with Crippen LogP contribution in [-0.2, 0) is 9.53 Å². The van der Waals surface area contributed by atoms with Crippen LogP contribution in [0.4, 0.5) is 5.69 Å². The summed E-state index contributed by atoms with van der Waals surface area (Å²) in [6.07, 6.45) is 4.88. The molecule has 5 heteroatoms. The molecule has 1 fully saturated rings. The van der Waals surface area contributed by atoms with Gasteiger partial charge in [-0.1, -0.05) is 44.1 Å². The quantitative estimate of drug-likeness (QED) is 0.821. The molecule has 1 aromatic rings. The molecular formula is C16H22N2O2S. The van der Waals surface area contributed by atoms with Crippen LogP contribution in [0.3, 0.4) is 0 Å². The maximum atomic E-state index is 11.9. The molecule has 1 aliphatic carbocycles. The second-order valence-corrected chi connectivity index (χ2v) is 6.04. The Hall–Kier alpha value is -1.46. The Labute approximate surface area is 131 Å². The van der Waals surface area contributed by atoms with Gasteiger partial charge in [-0.05, 0) is 30.9 Å². The predicted molar refractivity (Wildman–Crippen MR) is 88.3 cm³/mol. The van der Waals surface area contributed by atoms with Gasteiger partial charge in [-0.15, -0.1) is 0 Å². The van der Waals surface area contributed by atoms with E-state index in [0.29, 0.717) is 16.6 Å². The molecule has 1 aromatic carbocycles. The van der Waals surface area contributed by atoms with Crippen molar-refractivity contribution >= 4 is 28.8 Å². The van der Waals surface area contributed by atoms with E-state index in [1.165, 1.54) is 19.3 Å². The molecular weight excluding hydrogens is 284 g/mol. The van der Waals surface area contributed by atoms with Crippen LogP contribution in [0.1, 0.15) is 38.2 Å². The number of nitrogens with two attached hydrogens (primary N) is 1. The van der Waals surface area contributed by atoms with Crippen LogP contribution in [0.25, 0.3) is 0 Å². The first-order valence-electron chi connectivity index (χ1n) is 7.37. The van der Waals surface area contributed by atoms with Crippen LogP contribution >= 0.6 is 12.2 Å². The highest BCUT2D eigenvalue weighted by molar-refractivity contribution is 7.80.